The van der Waals surface area contributed by atoms with Crippen LogP contribution in [-0.2, 0) is 0 Å². The quantitative estimate of drug-likeness (QED) is 0.939. The lowest BCUT2D eigenvalue weighted by molar-refractivity contribution is 0.0604. The molecule has 6 heteroatoms. The number of rotatable bonds is 3. The smallest absolute Gasteiger partial charge is 0.316 e. The largest absolute Gasteiger partial charge is 0.402 e. The highest BCUT2D eigenvalue weighted by molar-refractivity contribution is 5.46. The number of pyridine rings is 1. The van der Waals surface area contributed by atoms with Gasteiger partial charge in [0.15, 0.2) is 0 Å². The number of piperidine rings is 2. The van der Waals surface area contributed by atoms with Gasteiger partial charge in [-0.3, -0.25) is 4.98 Å². The summed E-state index contributed by atoms with van der Waals surface area (Å²) in [6, 6.07) is 7.95. The minimum Gasteiger partial charge on any atom is -0.402 e. The first-order valence-corrected chi connectivity index (χ1v) is 8.03. The van der Waals surface area contributed by atoms with Crippen LogP contribution in [0.5, 0.6) is 0 Å². The summed E-state index contributed by atoms with van der Waals surface area (Å²) in [5.41, 5.74) is 0.711. The maximum Gasteiger partial charge on any atom is 0.316 e. The molecule has 0 spiro atoms. The summed E-state index contributed by atoms with van der Waals surface area (Å²) in [4.78, 5) is 6.79. The van der Waals surface area contributed by atoms with Gasteiger partial charge >= 0.3 is 6.01 Å². The van der Waals surface area contributed by atoms with E-state index >= 15 is 0 Å². The van der Waals surface area contributed by atoms with Crippen molar-refractivity contribution in [3.05, 3.63) is 24.4 Å². The third-order valence-corrected chi connectivity index (χ3v) is 4.98. The van der Waals surface area contributed by atoms with Crippen molar-refractivity contribution in [2.45, 2.75) is 50.2 Å². The number of nitrogens with zero attached hydrogens (tertiary/aromatic N) is 4. The lowest BCUT2D eigenvalue weighted by atomic mass is 9.82. The van der Waals surface area contributed by atoms with E-state index in [1.807, 2.05) is 18.2 Å². The molecular weight excluding hydrogens is 278 g/mol. The number of aromatic nitrogens is 3. The van der Waals surface area contributed by atoms with Crippen molar-refractivity contribution in [1.29, 1.82) is 0 Å². The molecule has 2 aromatic rings. The van der Waals surface area contributed by atoms with Crippen molar-refractivity contribution in [3.8, 4) is 11.6 Å². The fourth-order valence-electron chi connectivity index (χ4n) is 3.78. The molecular formula is C16H21N5O. The molecule has 1 N–H and O–H groups in total. The maximum absolute atomic E-state index is 5.71. The summed E-state index contributed by atoms with van der Waals surface area (Å²) in [5.74, 6) is 0.469. The average molecular weight is 299 g/mol. The molecule has 22 heavy (non-hydrogen) atoms. The van der Waals surface area contributed by atoms with Gasteiger partial charge in [-0.1, -0.05) is 17.6 Å². The molecule has 0 radical (unpaired) electrons. The molecule has 0 aromatic carbocycles. The number of anilines is 1. The lowest BCUT2D eigenvalue weighted by Gasteiger charge is -2.47. The van der Waals surface area contributed by atoms with Crippen LogP contribution >= 0.6 is 0 Å². The van der Waals surface area contributed by atoms with Gasteiger partial charge in [-0.05, 0) is 44.9 Å². The van der Waals surface area contributed by atoms with E-state index in [9.17, 15) is 0 Å². The molecule has 0 aliphatic carbocycles. The van der Waals surface area contributed by atoms with Crippen molar-refractivity contribution in [1.82, 2.24) is 20.1 Å². The maximum atomic E-state index is 5.71. The van der Waals surface area contributed by atoms with Crippen molar-refractivity contribution in [2.24, 2.45) is 0 Å². The van der Waals surface area contributed by atoms with Gasteiger partial charge in [-0.15, -0.1) is 5.10 Å². The van der Waals surface area contributed by atoms with Crippen molar-refractivity contribution in [2.75, 3.05) is 12.4 Å². The summed E-state index contributed by atoms with van der Waals surface area (Å²) in [6.45, 7) is 0. The van der Waals surface area contributed by atoms with Gasteiger partial charge in [0.1, 0.15) is 5.69 Å². The molecule has 0 amide bonds. The monoisotopic (exact) mass is 299 g/mol. The zero-order chi connectivity index (χ0) is 14.9. The van der Waals surface area contributed by atoms with E-state index < -0.39 is 0 Å². The molecule has 2 saturated heterocycles. The Bertz CT molecular complexity index is 614. The van der Waals surface area contributed by atoms with Gasteiger partial charge in [0.25, 0.3) is 5.89 Å². The van der Waals surface area contributed by atoms with Crippen LogP contribution in [0, 0.1) is 0 Å². The van der Waals surface area contributed by atoms with Crippen LogP contribution in [0.3, 0.4) is 0 Å². The van der Waals surface area contributed by atoms with Crippen LogP contribution in [0.4, 0.5) is 6.01 Å². The lowest BCUT2D eigenvalue weighted by Crippen LogP contribution is -2.52. The molecule has 0 saturated carbocycles. The summed E-state index contributed by atoms with van der Waals surface area (Å²) in [7, 11) is 2.26. The van der Waals surface area contributed by atoms with Gasteiger partial charge in [0, 0.05) is 24.3 Å². The van der Waals surface area contributed by atoms with Crippen LogP contribution in [0.1, 0.15) is 32.1 Å². The highest BCUT2D eigenvalue weighted by Crippen LogP contribution is 2.33. The minimum atomic E-state index is 0.420. The van der Waals surface area contributed by atoms with Crippen molar-refractivity contribution >= 4 is 6.01 Å². The highest BCUT2D eigenvalue weighted by atomic mass is 16.4. The van der Waals surface area contributed by atoms with Crippen LogP contribution < -0.4 is 5.32 Å². The molecule has 2 aromatic heterocycles. The SMILES string of the molecule is CN1C2CCCC1CC(Nc1nnc(-c3ccccn3)o1)C2. The van der Waals surface area contributed by atoms with E-state index in [-0.39, 0.29) is 0 Å². The Morgan fingerprint density at radius 2 is 2.00 bits per heavy atom. The van der Waals surface area contributed by atoms with Gasteiger partial charge in [-0.25, -0.2) is 0 Å². The van der Waals surface area contributed by atoms with E-state index in [4.69, 9.17) is 4.42 Å². The molecule has 2 bridgehead atoms. The predicted molar refractivity (Wildman–Crippen MR) is 83.4 cm³/mol. The summed E-state index contributed by atoms with van der Waals surface area (Å²) < 4.78 is 5.71. The molecule has 4 heterocycles. The summed E-state index contributed by atoms with van der Waals surface area (Å²) >= 11 is 0. The van der Waals surface area contributed by atoms with Crippen LogP contribution in [0.15, 0.2) is 28.8 Å². The van der Waals surface area contributed by atoms with Crippen LogP contribution in [0.2, 0.25) is 0 Å². The van der Waals surface area contributed by atoms with E-state index in [1.54, 1.807) is 6.20 Å². The molecule has 4 rings (SSSR count). The predicted octanol–water partition coefficient (Wildman–Crippen LogP) is 2.56. The first kappa shape index (κ1) is 13.7. The van der Waals surface area contributed by atoms with Gasteiger partial charge < -0.3 is 14.6 Å². The number of nitrogens with one attached hydrogen (secondary N) is 1. The molecule has 2 fully saturated rings. The number of hydrogen-bond donors (Lipinski definition) is 1. The third-order valence-electron chi connectivity index (χ3n) is 4.98. The first-order valence-electron chi connectivity index (χ1n) is 8.03. The van der Waals surface area contributed by atoms with Gasteiger partial charge in [0.05, 0.1) is 0 Å². The standard InChI is InChI=1S/C16H21N5O/c1-21-12-5-4-6-13(21)10-11(9-12)18-16-20-19-15(22-16)14-7-2-3-8-17-14/h2-3,7-8,11-13H,4-6,9-10H2,1H3,(H,18,20). The van der Waals surface area contributed by atoms with Crippen LogP contribution in [0.25, 0.3) is 11.6 Å². The zero-order valence-corrected chi connectivity index (χ0v) is 12.8. The van der Waals surface area contributed by atoms with E-state index in [1.165, 1.54) is 19.3 Å². The first-order chi connectivity index (χ1) is 10.8. The second-order valence-corrected chi connectivity index (χ2v) is 6.34. The fourth-order valence-corrected chi connectivity index (χ4v) is 3.78. The topological polar surface area (TPSA) is 67.1 Å². The van der Waals surface area contributed by atoms with Crippen molar-refractivity contribution in [3.63, 3.8) is 0 Å². The number of hydrogen-bond acceptors (Lipinski definition) is 6. The molecule has 2 unspecified atom stereocenters. The Morgan fingerprint density at radius 3 is 2.73 bits per heavy atom. The Labute approximate surface area is 129 Å². The molecule has 6 nitrogen and oxygen atoms in total. The Hall–Kier alpha value is -1.95. The second-order valence-electron chi connectivity index (χ2n) is 6.34. The second kappa shape index (κ2) is 5.68. The Kier molecular flexibility index (Phi) is 3.54. The third kappa shape index (κ3) is 2.59. The molecule has 116 valence electrons. The highest BCUT2D eigenvalue weighted by Gasteiger charge is 2.36. The van der Waals surface area contributed by atoms with Gasteiger partial charge in [0.2, 0.25) is 0 Å². The Balaban J connectivity index is 1.45. The van der Waals surface area contributed by atoms with E-state index in [0.29, 0.717) is 35.7 Å². The fraction of sp³-hybridized carbons (Fsp3) is 0.562. The van der Waals surface area contributed by atoms with Gasteiger partial charge in [-0.2, -0.15) is 0 Å². The minimum absolute atomic E-state index is 0.420. The van der Waals surface area contributed by atoms with Crippen LogP contribution in [-0.4, -0.2) is 45.3 Å². The average Bonchev–Trinajstić information content (AvgIpc) is 2.98. The van der Waals surface area contributed by atoms with E-state index in [2.05, 4.69) is 32.4 Å². The normalized spacial score (nSPS) is 28.5. The van der Waals surface area contributed by atoms with E-state index in [0.717, 1.165) is 12.8 Å². The molecule has 2 atom stereocenters. The number of fused-ring (bicyclic) bond motifs is 2. The molecule has 2 aliphatic heterocycles. The molecule has 2 aliphatic rings. The Morgan fingerprint density at radius 1 is 1.18 bits per heavy atom. The zero-order valence-electron chi connectivity index (χ0n) is 12.8. The van der Waals surface area contributed by atoms with Crippen molar-refractivity contribution < 1.29 is 4.42 Å². The summed E-state index contributed by atoms with van der Waals surface area (Å²) in [5, 5.41) is 11.6. The summed E-state index contributed by atoms with van der Waals surface area (Å²) in [6.07, 6.45) is 7.98.